The molecule has 0 heterocycles. The first-order valence-corrected chi connectivity index (χ1v) is 6.58. The van der Waals surface area contributed by atoms with E-state index >= 15 is 0 Å². The maximum absolute atomic E-state index is 2.57. The van der Waals surface area contributed by atoms with Crippen molar-refractivity contribution in [3.63, 3.8) is 0 Å². The molecule has 0 aromatic carbocycles. The molecule has 3 saturated carbocycles. The Labute approximate surface area is 89.5 Å². The van der Waals surface area contributed by atoms with Crippen LogP contribution in [0.5, 0.6) is 0 Å². The molecule has 0 nitrogen and oxygen atoms in total. The molecule has 3 fully saturated rings. The normalized spacial score (nSPS) is 52.3. The Morgan fingerprint density at radius 1 is 1.14 bits per heavy atom. The standard InChI is InChI=1S/C14H26/c1-5-6-14(4)11(3)7-10(2)12-8-13(14)9-12/h10-13H,5-9H2,1-4H3. The molecule has 0 spiro atoms. The van der Waals surface area contributed by atoms with Gasteiger partial charge in [0.15, 0.2) is 0 Å². The summed E-state index contributed by atoms with van der Waals surface area (Å²) in [5, 5.41) is 0. The fraction of sp³-hybridized carbons (Fsp3) is 1.00. The number of hydrogen-bond donors (Lipinski definition) is 0. The maximum atomic E-state index is 2.57. The summed E-state index contributed by atoms with van der Waals surface area (Å²) in [6.07, 6.45) is 7.40. The van der Waals surface area contributed by atoms with Gasteiger partial charge < -0.3 is 0 Å². The predicted molar refractivity (Wildman–Crippen MR) is 62.2 cm³/mol. The van der Waals surface area contributed by atoms with E-state index in [0.717, 1.165) is 23.7 Å². The van der Waals surface area contributed by atoms with Crippen molar-refractivity contribution in [3.05, 3.63) is 0 Å². The molecule has 3 aliphatic carbocycles. The average Bonchev–Trinajstić information content (AvgIpc) is 2.12. The largest absolute Gasteiger partial charge is 0.0654 e. The van der Waals surface area contributed by atoms with E-state index < -0.39 is 0 Å². The van der Waals surface area contributed by atoms with E-state index in [1.165, 1.54) is 19.3 Å². The van der Waals surface area contributed by atoms with Gasteiger partial charge in [-0.15, -0.1) is 0 Å². The minimum absolute atomic E-state index is 0.677. The second-order valence-electron chi connectivity index (χ2n) is 6.30. The minimum Gasteiger partial charge on any atom is -0.0654 e. The van der Waals surface area contributed by atoms with Crippen LogP contribution in [0.15, 0.2) is 0 Å². The minimum atomic E-state index is 0.677. The lowest BCUT2D eigenvalue weighted by Gasteiger charge is -2.47. The summed E-state index contributed by atoms with van der Waals surface area (Å²) in [6, 6.07) is 0. The van der Waals surface area contributed by atoms with Crippen molar-refractivity contribution in [2.75, 3.05) is 0 Å². The van der Waals surface area contributed by atoms with Crippen LogP contribution in [0.4, 0.5) is 0 Å². The first kappa shape index (κ1) is 10.5. The quantitative estimate of drug-likeness (QED) is 0.607. The third-order valence-electron chi connectivity index (χ3n) is 5.55. The Hall–Kier alpha value is 0. The van der Waals surface area contributed by atoms with Crippen molar-refractivity contribution in [1.82, 2.24) is 0 Å². The van der Waals surface area contributed by atoms with Gasteiger partial charge in [-0.25, -0.2) is 0 Å². The van der Waals surface area contributed by atoms with Crippen LogP contribution < -0.4 is 0 Å². The summed E-state index contributed by atoms with van der Waals surface area (Å²) >= 11 is 0. The fourth-order valence-corrected chi connectivity index (χ4v) is 4.08. The SMILES string of the molecule is CCCC1(C)C(C)CC(C)C2CC1C2. The molecule has 0 heteroatoms. The molecule has 2 bridgehead atoms. The van der Waals surface area contributed by atoms with Gasteiger partial charge in [-0.2, -0.15) is 0 Å². The van der Waals surface area contributed by atoms with Gasteiger partial charge in [0, 0.05) is 0 Å². The number of rotatable bonds is 2. The number of fused-ring (bicyclic) bond motifs is 3. The lowest BCUT2D eigenvalue weighted by atomic mass is 9.58. The second-order valence-corrected chi connectivity index (χ2v) is 6.30. The van der Waals surface area contributed by atoms with E-state index in [1.807, 2.05) is 0 Å². The van der Waals surface area contributed by atoms with Crippen LogP contribution in [-0.2, 0) is 0 Å². The van der Waals surface area contributed by atoms with Gasteiger partial charge in [-0.05, 0) is 54.8 Å². The van der Waals surface area contributed by atoms with Gasteiger partial charge in [0.2, 0.25) is 0 Å². The molecule has 0 amide bonds. The zero-order chi connectivity index (χ0) is 10.3. The van der Waals surface area contributed by atoms with Gasteiger partial charge in [-0.3, -0.25) is 0 Å². The summed E-state index contributed by atoms with van der Waals surface area (Å²) in [5.41, 5.74) is 0.677. The highest BCUT2D eigenvalue weighted by Crippen LogP contribution is 2.59. The molecule has 3 aliphatic rings. The molecular formula is C14H26. The van der Waals surface area contributed by atoms with E-state index in [-0.39, 0.29) is 0 Å². The Morgan fingerprint density at radius 3 is 2.36 bits per heavy atom. The molecule has 0 saturated heterocycles. The molecule has 0 radical (unpaired) electrons. The monoisotopic (exact) mass is 194 g/mol. The van der Waals surface area contributed by atoms with Crippen LogP contribution in [0.2, 0.25) is 0 Å². The van der Waals surface area contributed by atoms with Crippen LogP contribution in [0.1, 0.15) is 59.8 Å². The molecule has 82 valence electrons. The topological polar surface area (TPSA) is 0 Å². The smallest absolute Gasteiger partial charge is 0.0272 e. The van der Waals surface area contributed by atoms with E-state index in [9.17, 15) is 0 Å². The highest BCUT2D eigenvalue weighted by molar-refractivity contribution is 4.99. The van der Waals surface area contributed by atoms with Crippen LogP contribution in [0.3, 0.4) is 0 Å². The third kappa shape index (κ3) is 1.42. The highest BCUT2D eigenvalue weighted by Gasteiger charge is 2.50. The Kier molecular flexibility index (Phi) is 2.66. The lowest BCUT2D eigenvalue weighted by Crippen LogP contribution is -2.38. The molecule has 0 aromatic heterocycles. The van der Waals surface area contributed by atoms with Crippen molar-refractivity contribution in [3.8, 4) is 0 Å². The van der Waals surface area contributed by atoms with Gasteiger partial charge in [-0.1, -0.05) is 34.1 Å². The second kappa shape index (κ2) is 3.54. The van der Waals surface area contributed by atoms with Gasteiger partial charge in [0.25, 0.3) is 0 Å². The first-order valence-electron chi connectivity index (χ1n) is 6.58. The molecule has 3 rings (SSSR count). The van der Waals surface area contributed by atoms with Gasteiger partial charge in [0.1, 0.15) is 0 Å². The van der Waals surface area contributed by atoms with Crippen molar-refractivity contribution in [2.45, 2.75) is 59.8 Å². The van der Waals surface area contributed by atoms with E-state index in [0.29, 0.717) is 5.41 Å². The Morgan fingerprint density at radius 2 is 1.79 bits per heavy atom. The van der Waals surface area contributed by atoms with Crippen molar-refractivity contribution < 1.29 is 0 Å². The van der Waals surface area contributed by atoms with Gasteiger partial charge in [0.05, 0.1) is 0 Å². The Bertz CT molecular complexity index is 202. The van der Waals surface area contributed by atoms with E-state index in [2.05, 4.69) is 27.7 Å². The summed E-state index contributed by atoms with van der Waals surface area (Å²) in [5.74, 6) is 4.10. The molecule has 3 atom stereocenters. The molecule has 3 unspecified atom stereocenters. The van der Waals surface area contributed by atoms with Crippen LogP contribution in [-0.4, -0.2) is 0 Å². The van der Waals surface area contributed by atoms with Crippen molar-refractivity contribution in [1.29, 1.82) is 0 Å². The van der Waals surface area contributed by atoms with Gasteiger partial charge >= 0.3 is 0 Å². The predicted octanol–water partition coefficient (Wildman–Crippen LogP) is 4.49. The summed E-state index contributed by atoms with van der Waals surface area (Å²) in [4.78, 5) is 0. The van der Waals surface area contributed by atoms with E-state index in [1.54, 1.807) is 12.8 Å². The zero-order valence-electron chi connectivity index (χ0n) is 10.3. The van der Waals surface area contributed by atoms with Crippen LogP contribution >= 0.6 is 0 Å². The molecule has 0 aromatic rings. The summed E-state index contributed by atoms with van der Waals surface area (Å²) in [7, 11) is 0. The molecular weight excluding hydrogens is 168 g/mol. The fourth-order valence-electron chi connectivity index (χ4n) is 4.08. The molecule has 14 heavy (non-hydrogen) atoms. The number of hydrogen-bond acceptors (Lipinski definition) is 0. The molecule has 0 aliphatic heterocycles. The van der Waals surface area contributed by atoms with Crippen molar-refractivity contribution >= 4 is 0 Å². The lowest BCUT2D eigenvalue weighted by molar-refractivity contribution is 0.0258. The van der Waals surface area contributed by atoms with Crippen molar-refractivity contribution in [2.24, 2.45) is 29.1 Å². The Balaban J connectivity index is 2.15. The maximum Gasteiger partial charge on any atom is -0.0272 e. The average molecular weight is 194 g/mol. The van der Waals surface area contributed by atoms with Crippen LogP contribution in [0.25, 0.3) is 0 Å². The van der Waals surface area contributed by atoms with E-state index in [4.69, 9.17) is 0 Å². The highest BCUT2D eigenvalue weighted by atomic mass is 14.5. The van der Waals surface area contributed by atoms with Crippen LogP contribution in [0, 0.1) is 29.1 Å². The first-order chi connectivity index (χ1) is 6.58. The summed E-state index contributed by atoms with van der Waals surface area (Å²) < 4.78 is 0. The zero-order valence-corrected chi connectivity index (χ0v) is 10.3. The molecule has 0 N–H and O–H groups in total. The third-order valence-corrected chi connectivity index (χ3v) is 5.55. The summed E-state index contributed by atoms with van der Waals surface area (Å²) in [6.45, 7) is 9.91.